The minimum absolute atomic E-state index is 0.136. The van der Waals surface area contributed by atoms with Crippen LogP contribution in [0.3, 0.4) is 0 Å². The number of benzene rings is 2. The minimum atomic E-state index is -0.296. The van der Waals surface area contributed by atoms with Gasteiger partial charge in [-0.15, -0.1) is 0 Å². The highest BCUT2D eigenvalue weighted by atomic mass is 35.5. The van der Waals surface area contributed by atoms with Crippen LogP contribution in [0.5, 0.6) is 0 Å². The molecule has 0 atom stereocenters. The molecule has 4 nitrogen and oxygen atoms in total. The van der Waals surface area contributed by atoms with Gasteiger partial charge in [-0.3, -0.25) is 9.59 Å². The summed E-state index contributed by atoms with van der Waals surface area (Å²) in [4.78, 5) is 30.2. The molecule has 0 saturated heterocycles. The van der Waals surface area contributed by atoms with E-state index in [1.165, 1.54) is 6.20 Å². The zero-order valence-electron chi connectivity index (χ0n) is 12.2. The first-order valence-electron chi connectivity index (χ1n) is 7.36. The molecule has 0 aliphatic carbocycles. The number of pyridine rings is 1. The molecule has 1 amide bonds. The number of para-hydroxylation sites is 1. The molecule has 4 rings (SSSR count). The van der Waals surface area contributed by atoms with Crippen molar-refractivity contribution in [3.8, 4) is 0 Å². The fourth-order valence-corrected chi connectivity index (χ4v) is 3.22. The van der Waals surface area contributed by atoms with E-state index in [1.54, 1.807) is 23.1 Å². The van der Waals surface area contributed by atoms with E-state index in [-0.39, 0.29) is 16.9 Å². The maximum atomic E-state index is 12.8. The Hall–Kier alpha value is -2.59. The zero-order chi connectivity index (χ0) is 16.0. The second-order valence-corrected chi connectivity index (χ2v) is 5.99. The Morgan fingerprint density at radius 3 is 2.87 bits per heavy atom. The molecular weight excluding hydrogens is 312 g/mol. The van der Waals surface area contributed by atoms with Gasteiger partial charge in [-0.05, 0) is 36.2 Å². The van der Waals surface area contributed by atoms with Crippen LogP contribution in [-0.2, 0) is 6.42 Å². The molecule has 0 bridgehead atoms. The molecule has 3 aromatic rings. The molecular formula is C18H13ClN2O2. The molecule has 23 heavy (non-hydrogen) atoms. The molecule has 114 valence electrons. The number of nitrogens with one attached hydrogen (secondary N) is 1. The van der Waals surface area contributed by atoms with Gasteiger partial charge >= 0.3 is 0 Å². The number of hydrogen-bond acceptors (Lipinski definition) is 2. The van der Waals surface area contributed by atoms with Crippen LogP contribution in [0.2, 0.25) is 5.02 Å². The minimum Gasteiger partial charge on any atom is -0.360 e. The van der Waals surface area contributed by atoms with E-state index in [0.29, 0.717) is 22.5 Å². The van der Waals surface area contributed by atoms with Gasteiger partial charge in [0, 0.05) is 34.4 Å². The Morgan fingerprint density at radius 2 is 2.00 bits per heavy atom. The predicted molar refractivity (Wildman–Crippen MR) is 91.4 cm³/mol. The number of fused-ring (bicyclic) bond motifs is 2. The number of aromatic amines is 1. The molecule has 0 fully saturated rings. The lowest BCUT2D eigenvalue weighted by molar-refractivity contribution is 0.0988. The predicted octanol–water partition coefficient (Wildman–Crippen LogP) is 3.38. The summed E-state index contributed by atoms with van der Waals surface area (Å²) in [5.74, 6) is -0.280. The summed E-state index contributed by atoms with van der Waals surface area (Å²) >= 11 is 5.97. The van der Waals surface area contributed by atoms with Gasteiger partial charge < -0.3 is 9.88 Å². The van der Waals surface area contributed by atoms with Gasteiger partial charge in [0.1, 0.15) is 5.56 Å². The number of hydrogen-bond donors (Lipinski definition) is 1. The van der Waals surface area contributed by atoms with Crippen LogP contribution < -0.4 is 10.3 Å². The topological polar surface area (TPSA) is 53.2 Å². The summed E-state index contributed by atoms with van der Waals surface area (Å²) in [7, 11) is 0. The number of H-pyrrole nitrogens is 1. The van der Waals surface area contributed by atoms with Crippen LogP contribution in [0, 0.1) is 0 Å². The van der Waals surface area contributed by atoms with Gasteiger partial charge in [0.15, 0.2) is 0 Å². The molecule has 0 spiro atoms. The van der Waals surface area contributed by atoms with E-state index in [2.05, 4.69) is 4.98 Å². The van der Waals surface area contributed by atoms with Gasteiger partial charge in [0.2, 0.25) is 5.43 Å². The second kappa shape index (κ2) is 5.25. The van der Waals surface area contributed by atoms with Gasteiger partial charge in [-0.25, -0.2) is 0 Å². The highest BCUT2D eigenvalue weighted by Gasteiger charge is 2.27. The third kappa shape index (κ3) is 2.23. The van der Waals surface area contributed by atoms with Crippen molar-refractivity contribution in [1.29, 1.82) is 0 Å². The molecule has 1 N–H and O–H groups in total. The number of aromatic nitrogens is 1. The number of halogens is 1. The molecule has 0 radical (unpaired) electrons. The average Bonchev–Trinajstić information content (AvgIpc) is 2.99. The first kappa shape index (κ1) is 14.0. The molecule has 0 saturated carbocycles. The van der Waals surface area contributed by atoms with E-state index >= 15 is 0 Å². The van der Waals surface area contributed by atoms with Crippen molar-refractivity contribution in [2.45, 2.75) is 6.42 Å². The van der Waals surface area contributed by atoms with E-state index in [9.17, 15) is 9.59 Å². The van der Waals surface area contributed by atoms with Crippen LogP contribution in [0.1, 0.15) is 15.9 Å². The molecule has 5 heteroatoms. The standard InChI is InChI=1S/C18H13ClN2O2/c19-12-5-6-15-13(9-12)17(22)14(10-20-15)18(23)21-8-7-11-3-1-2-4-16(11)21/h1-6,9-10H,7-8H2,(H,20,22). The zero-order valence-corrected chi connectivity index (χ0v) is 12.9. The Balaban J connectivity index is 1.82. The number of anilines is 1. The number of rotatable bonds is 1. The third-order valence-electron chi connectivity index (χ3n) is 4.21. The van der Waals surface area contributed by atoms with E-state index < -0.39 is 0 Å². The number of carbonyl (C=O) groups is 1. The highest BCUT2D eigenvalue weighted by molar-refractivity contribution is 6.31. The number of amides is 1. The maximum absolute atomic E-state index is 12.8. The van der Waals surface area contributed by atoms with E-state index in [1.807, 2.05) is 24.3 Å². The monoisotopic (exact) mass is 324 g/mol. The number of nitrogens with zero attached hydrogens (tertiary/aromatic N) is 1. The molecule has 2 heterocycles. The van der Waals surface area contributed by atoms with Crippen LogP contribution in [0.4, 0.5) is 5.69 Å². The SMILES string of the molecule is O=C(c1c[nH]c2ccc(Cl)cc2c1=O)N1CCc2ccccc21. The van der Waals surface area contributed by atoms with Gasteiger partial charge in [0.25, 0.3) is 5.91 Å². The Kier molecular flexibility index (Phi) is 3.20. The summed E-state index contributed by atoms with van der Waals surface area (Å²) in [6.45, 7) is 0.588. The third-order valence-corrected chi connectivity index (χ3v) is 4.44. The lowest BCUT2D eigenvalue weighted by Gasteiger charge is -2.17. The molecule has 2 aromatic carbocycles. The van der Waals surface area contributed by atoms with Crippen LogP contribution in [-0.4, -0.2) is 17.4 Å². The molecule has 1 aliphatic rings. The Labute approximate surface area is 137 Å². The fourth-order valence-electron chi connectivity index (χ4n) is 3.04. The Bertz CT molecular complexity index is 994. The molecule has 0 unspecified atom stereocenters. The first-order valence-corrected chi connectivity index (χ1v) is 7.73. The van der Waals surface area contributed by atoms with Crippen molar-refractivity contribution >= 4 is 34.1 Å². The van der Waals surface area contributed by atoms with Crippen molar-refractivity contribution in [2.24, 2.45) is 0 Å². The Morgan fingerprint density at radius 1 is 1.17 bits per heavy atom. The lowest BCUT2D eigenvalue weighted by Crippen LogP contribution is -2.33. The smallest absolute Gasteiger partial charge is 0.263 e. The molecule has 1 aliphatic heterocycles. The van der Waals surface area contributed by atoms with Crippen LogP contribution in [0.25, 0.3) is 10.9 Å². The summed E-state index contributed by atoms with van der Waals surface area (Å²) in [5, 5.41) is 0.898. The van der Waals surface area contributed by atoms with Gasteiger partial charge in [-0.1, -0.05) is 29.8 Å². The van der Waals surface area contributed by atoms with E-state index in [0.717, 1.165) is 17.7 Å². The van der Waals surface area contributed by atoms with Crippen molar-refractivity contribution in [3.63, 3.8) is 0 Å². The van der Waals surface area contributed by atoms with Crippen molar-refractivity contribution in [1.82, 2.24) is 4.98 Å². The molecule has 1 aromatic heterocycles. The van der Waals surface area contributed by atoms with Gasteiger partial charge in [-0.2, -0.15) is 0 Å². The quantitative estimate of drug-likeness (QED) is 0.746. The fraction of sp³-hybridized carbons (Fsp3) is 0.111. The number of carbonyl (C=O) groups excluding carboxylic acids is 1. The van der Waals surface area contributed by atoms with Crippen LogP contribution >= 0.6 is 11.6 Å². The van der Waals surface area contributed by atoms with Gasteiger partial charge in [0.05, 0.1) is 0 Å². The summed E-state index contributed by atoms with van der Waals surface area (Å²) in [5.41, 5.74) is 2.51. The van der Waals surface area contributed by atoms with Crippen molar-refractivity contribution in [2.75, 3.05) is 11.4 Å². The van der Waals surface area contributed by atoms with Crippen LogP contribution in [0.15, 0.2) is 53.5 Å². The van der Waals surface area contributed by atoms with Crippen molar-refractivity contribution < 1.29 is 4.79 Å². The summed E-state index contributed by atoms with van der Waals surface area (Å²) in [6.07, 6.45) is 2.29. The normalized spacial score (nSPS) is 13.3. The second-order valence-electron chi connectivity index (χ2n) is 5.56. The lowest BCUT2D eigenvalue weighted by atomic mass is 10.1. The summed E-state index contributed by atoms with van der Waals surface area (Å²) < 4.78 is 0. The largest absolute Gasteiger partial charge is 0.360 e. The first-order chi connectivity index (χ1) is 11.1. The average molecular weight is 325 g/mol. The maximum Gasteiger partial charge on any atom is 0.263 e. The van der Waals surface area contributed by atoms with Crippen molar-refractivity contribution in [3.05, 3.63) is 75.0 Å². The van der Waals surface area contributed by atoms with E-state index in [4.69, 9.17) is 11.6 Å². The summed E-state index contributed by atoms with van der Waals surface area (Å²) in [6, 6.07) is 12.8. The highest BCUT2D eigenvalue weighted by Crippen LogP contribution is 2.28.